The highest BCUT2D eigenvalue weighted by molar-refractivity contribution is 6.39. The number of benzene rings is 2. The number of nitrogens with zero attached hydrogens (tertiary/aromatic N) is 2. The standard InChI is InChI=1S/C21H23NO4.C9H17BNO3/c1-2-3-12-22(13-20(23)24)21(25)26-14-19-17-10-6-4-8-15(17)16-9-5-7-11-18(16)19;1-3-4-5-11(7-9(13)14)8(12)6-10-2/h4-11,19H,2-3,12-14H2,1H3,(H,23,24);3-7H2,1-2H3,(H,13,14). The molecule has 2 aromatic carbocycles. The number of carboxylic acid groups (broad SMARTS) is 2. The lowest BCUT2D eigenvalue weighted by molar-refractivity contribution is -0.143. The molecule has 0 bridgehead atoms. The summed E-state index contributed by atoms with van der Waals surface area (Å²) in [6.45, 7) is 6.40. The number of unbranched alkanes of at least 4 members (excludes halogenated alkanes) is 2. The van der Waals surface area contributed by atoms with Crippen LogP contribution in [0.15, 0.2) is 48.5 Å². The van der Waals surface area contributed by atoms with Gasteiger partial charge in [0.2, 0.25) is 5.91 Å². The third kappa shape index (κ3) is 9.74. The second kappa shape index (κ2) is 17.0. The minimum atomic E-state index is -1.03. The van der Waals surface area contributed by atoms with E-state index in [1.54, 1.807) is 14.1 Å². The molecular formula is C30H40BN2O7. The largest absolute Gasteiger partial charge is 0.480 e. The van der Waals surface area contributed by atoms with Crippen molar-refractivity contribution in [2.24, 2.45) is 0 Å². The van der Waals surface area contributed by atoms with Gasteiger partial charge in [0.15, 0.2) is 0 Å². The summed E-state index contributed by atoms with van der Waals surface area (Å²) in [5.41, 5.74) is 4.61. The molecule has 9 nitrogen and oxygen atoms in total. The Morgan fingerprint density at radius 3 is 1.75 bits per heavy atom. The molecule has 0 unspecified atom stereocenters. The molecule has 1 aliphatic rings. The lowest BCUT2D eigenvalue weighted by atomic mass is 9.77. The molecule has 0 aliphatic heterocycles. The Kier molecular flexibility index (Phi) is 13.8. The van der Waals surface area contributed by atoms with Crippen molar-refractivity contribution in [1.82, 2.24) is 9.80 Å². The van der Waals surface area contributed by atoms with Crippen LogP contribution in [0.3, 0.4) is 0 Å². The van der Waals surface area contributed by atoms with E-state index in [2.05, 4.69) is 24.3 Å². The average Bonchev–Trinajstić information content (AvgIpc) is 3.25. The van der Waals surface area contributed by atoms with Gasteiger partial charge in [-0.25, -0.2) is 4.79 Å². The van der Waals surface area contributed by atoms with Gasteiger partial charge in [0.25, 0.3) is 0 Å². The first-order valence-electron chi connectivity index (χ1n) is 13.8. The molecule has 1 aliphatic carbocycles. The van der Waals surface area contributed by atoms with Crippen molar-refractivity contribution in [2.45, 2.75) is 58.6 Å². The topological polar surface area (TPSA) is 124 Å². The van der Waals surface area contributed by atoms with Gasteiger partial charge in [-0.3, -0.25) is 19.3 Å². The minimum Gasteiger partial charge on any atom is -0.480 e. The molecule has 2 amide bonds. The van der Waals surface area contributed by atoms with Gasteiger partial charge in [0.05, 0.1) is 0 Å². The molecule has 0 heterocycles. The fourth-order valence-corrected chi connectivity index (χ4v) is 4.54. The first kappa shape index (κ1) is 32.4. The quantitative estimate of drug-likeness (QED) is 0.317. The van der Waals surface area contributed by atoms with Crippen molar-refractivity contribution in [3.05, 3.63) is 59.7 Å². The summed E-state index contributed by atoms with van der Waals surface area (Å²) >= 11 is 0. The summed E-state index contributed by atoms with van der Waals surface area (Å²) in [4.78, 5) is 48.0. The molecule has 215 valence electrons. The van der Waals surface area contributed by atoms with Gasteiger partial charge in [-0.1, -0.05) is 82.0 Å². The molecule has 3 rings (SSSR count). The number of aliphatic carboxylic acids is 2. The van der Waals surface area contributed by atoms with Crippen molar-refractivity contribution in [2.75, 3.05) is 32.8 Å². The molecule has 0 aromatic heterocycles. The number of rotatable bonds is 14. The van der Waals surface area contributed by atoms with Crippen LogP contribution in [-0.2, 0) is 19.1 Å². The van der Waals surface area contributed by atoms with E-state index in [9.17, 15) is 19.2 Å². The summed E-state index contributed by atoms with van der Waals surface area (Å²) in [6, 6.07) is 16.2. The fraction of sp³-hybridized carbons (Fsp3) is 0.467. The fourth-order valence-electron chi connectivity index (χ4n) is 4.54. The number of carboxylic acids is 2. The van der Waals surface area contributed by atoms with Gasteiger partial charge in [0.1, 0.15) is 27.0 Å². The lowest BCUT2D eigenvalue weighted by Crippen LogP contribution is -2.37. The normalized spacial score (nSPS) is 11.4. The van der Waals surface area contributed by atoms with Gasteiger partial charge in [-0.05, 0) is 41.4 Å². The molecule has 0 fully saturated rings. The van der Waals surface area contributed by atoms with Crippen molar-refractivity contribution in [3.8, 4) is 11.1 Å². The number of ether oxygens (including phenoxy) is 1. The molecular weight excluding hydrogens is 511 g/mol. The highest BCUT2D eigenvalue weighted by atomic mass is 16.6. The molecule has 2 N–H and O–H groups in total. The van der Waals surface area contributed by atoms with Crippen LogP contribution in [0.5, 0.6) is 0 Å². The van der Waals surface area contributed by atoms with Gasteiger partial charge in [0, 0.05) is 19.0 Å². The van der Waals surface area contributed by atoms with E-state index >= 15 is 0 Å². The molecule has 0 saturated heterocycles. The number of amides is 2. The van der Waals surface area contributed by atoms with Crippen molar-refractivity contribution in [1.29, 1.82) is 0 Å². The predicted molar refractivity (Wildman–Crippen MR) is 155 cm³/mol. The van der Waals surface area contributed by atoms with Gasteiger partial charge >= 0.3 is 18.0 Å². The zero-order chi connectivity index (χ0) is 29.5. The highest BCUT2D eigenvalue weighted by Crippen LogP contribution is 2.44. The van der Waals surface area contributed by atoms with E-state index in [4.69, 9.17) is 14.9 Å². The third-order valence-corrected chi connectivity index (χ3v) is 6.54. The van der Waals surface area contributed by atoms with Crippen LogP contribution in [0.4, 0.5) is 4.79 Å². The second-order valence-electron chi connectivity index (χ2n) is 9.65. The Morgan fingerprint density at radius 1 is 0.800 bits per heavy atom. The van der Waals surface area contributed by atoms with Gasteiger partial charge in [-0.2, -0.15) is 0 Å². The van der Waals surface area contributed by atoms with Crippen molar-refractivity contribution < 1.29 is 34.1 Å². The summed E-state index contributed by atoms with van der Waals surface area (Å²) in [5.74, 6) is -2.12. The number of fused-ring (bicyclic) bond motifs is 3. The van der Waals surface area contributed by atoms with E-state index < -0.39 is 18.0 Å². The molecule has 40 heavy (non-hydrogen) atoms. The number of hydrogen-bond acceptors (Lipinski definition) is 5. The predicted octanol–water partition coefficient (Wildman–Crippen LogP) is 4.99. The average molecular weight is 551 g/mol. The maximum atomic E-state index is 12.4. The van der Waals surface area contributed by atoms with Crippen LogP contribution in [-0.4, -0.2) is 84.0 Å². The Bertz CT molecular complexity index is 1100. The second-order valence-corrected chi connectivity index (χ2v) is 9.65. The van der Waals surface area contributed by atoms with Crippen LogP contribution >= 0.6 is 0 Å². The Hall–Kier alpha value is -3.82. The lowest BCUT2D eigenvalue weighted by Gasteiger charge is -2.21. The summed E-state index contributed by atoms with van der Waals surface area (Å²) in [5, 5.41) is 17.6. The minimum absolute atomic E-state index is 0.0239. The van der Waals surface area contributed by atoms with Crippen LogP contribution in [0.2, 0.25) is 13.1 Å². The van der Waals surface area contributed by atoms with E-state index in [0.29, 0.717) is 19.4 Å². The molecule has 0 spiro atoms. The molecule has 2 aromatic rings. The first-order chi connectivity index (χ1) is 19.2. The highest BCUT2D eigenvalue weighted by Gasteiger charge is 2.30. The Labute approximate surface area is 237 Å². The number of hydrogen-bond donors (Lipinski definition) is 2. The monoisotopic (exact) mass is 551 g/mol. The number of carbonyl (C=O) groups is 4. The van der Waals surface area contributed by atoms with E-state index in [-0.39, 0.29) is 31.5 Å². The van der Waals surface area contributed by atoms with Crippen LogP contribution in [0, 0.1) is 0 Å². The van der Waals surface area contributed by atoms with E-state index in [1.165, 1.54) is 9.80 Å². The summed E-state index contributed by atoms with van der Waals surface area (Å²) in [6.07, 6.45) is 3.19. The van der Waals surface area contributed by atoms with Crippen molar-refractivity contribution in [3.63, 3.8) is 0 Å². The zero-order valence-corrected chi connectivity index (χ0v) is 23.7. The van der Waals surface area contributed by atoms with E-state index in [0.717, 1.165) is 47.9 Å². The maximum Gasteiger partial charge on any atom is 0.410 e. The van der Waals surface area contributed by atoms with Crippen molar-refractivity contribution >= 4 is 31.2 Å². The summed E-state index contributed by atoms with van der Waals surface area (Å²) < 4.78 is 5.52. The SMILES string of the molecule is CCCCN(CC(=O)O)C(=O)OCC1c2ccccc2-c2ccccc21.C[B]CC(=O)N(CCCC)CC(=O)O. The van der Waals surface area contributed by atoms with Crippen LogP contribution in [0.1, 0.15) is 56.6 Å². The zero-order valence-electron chi connectivity index (χ0n) is 23.7. The molecule has 10 heteroatoms. The number of carbonyl (C=O) groups excluding carboxylic acids is 2. The third-order valence-electron chi connectivity index (χ3n) is 6.54. The van der Waals surface area contributed by atoms with Gasteiger partial charge in [-0.15, -0.1) is 0 Å². The van der Waals surface area contributed by atoms with E-state index in [1.807, 2.05) is 38.1 Å². The molecule has 0 atom stereocenters. The van der Waals surface area contributed by atoms with Crippen LogP contribution < -0.4 is 0 Å². The molecule has 0 saturated carbocycles. The maximum absolute atomic E-state index is 12.4. The first-order valence-corrected chi connectivity index (χ1v) is 13.8. The molecule has 1 radical (unpaired) electrons. The Balaban J connectivity index is 0.000000342. The summed E-state index contributed by atoms with van der Waals surface area (Å²) in [7, 11) is 1.74. The van der Waals surface area contributed by atoms with Crippen LogP contribution in [0.25, 0.3) is 11.1 Å². The van der Waals surface area contributed by atoms with Gasteiger partial charge < -0.3 is 19.8 Å². The Morgan fingerprint density at radius 2 is 1.27 bits per heavy atom. The smallest absolute Gasteiger partial charge is 0.410 e.